The summed E-state index contributed by atoms with van der Waals surface area (Å²) in [6.45, 7) is 0. The molecule has 3 rings (SSSR count). The number of tetrazole rings is 1. The van der Waals surface area contributed by atoms with E-state index in [0.717, 1.165) is 12.8 Å². The van der Waals surface area contributed by atoms with E-state index in [1.807, 2.05) is 14.1 Å². The standard InChI is InChI=1S/C9H11ClN8S/c1-17(2)7-11-6(10)12-8(13-7)19-9-14-15-16-18(9)5-3-4-5/h5H,3-4H2,1-2H3. The van der Waals surface area contributed by atoms with Crippen molar-refractivity contribution < 1.29 is 0 Å². The Morgan fingerprint density at radius 1 is 1.26 bits per heavy atom. The first-order valence-electron chi connectivity index (χ1n) is 5.68. The zero-order chi connectivity index (χ0) is 13.4. The molecule has 0 aromatic carbocycles. The van der Waals surface area contributed by atoms with E-state index in [9.17, 15) is 0 Å². The van der Waals surface area contributed by atoms with Gasteiger partial charge in [-0.2, -0.15) is 15.0 Å². The third kappa shape index (κ3) is 2.76. The Balaban J connectivity index is 1.88. The molecule has 0 saturated heterocycles. The molecule has 0 N–H and O–H groups in total. The number of nitrogens with zero attached hydrogens (tertiary/aromatic N) is 8. The second-order valence-electron chi connectivity index (χ2n) is 4.32. The summed E-state index contributed by atoms with van der Waals surface area (Å²) < 4.78 is 1.80. The van der Waals surface area contributed by atoms with Crippen molar-refractivity contribution in [2.24, 2.45) is 0 Å². The first-order valence-corrected chi connectivity index (χ1v) is 6.87. The lowest BCUT2D eigenvalue weighted by molar-refractivity contribution is 0.565. The summed E-state index contributed by atoms with van der Waals surface area (Å²) in [6, 6.07) is 0.406. The van der Waals surface area contributed by atoms with Crippen LogP contribution < -0.4 is 4.90 Å². The quantitative estimate of drug-likeness (QED) is 0.828. The average molecular weight is 299 g/mol. The molecule has 100 valence electrons. The molecule has 1 aliphatic carbocycles. The van der Waals surface area contributed by atoms with Crippen LogP contribution in [0.2, 0.25) is 5.28 Å². The normalized spacial score (nSPS) is 14.7. The van der Waals surface area contributed by atoms with E-state index in [2.05, 4.69) is 30.5 Å². The number of hydrogen-bond acceptors (Lipinski definition) is 8. The van der Waals surface area contributed by atoms with E-state index in [0.29, 0.717) is 22.3 Å². The molecule has 10 heteroatoms. The van der Waals surface area contributed by atoms with Crippen LogP contribution in [0.5, 0.6) is 0 Å². The van der Waals surface area contributed by atoms with Gasteiger partial charge in [-0.15, -0.1) is 5.10 Å². The van der Waals surface area contributed by atoms with Gasteiger partial charge in [0.1, 0.15) is 0 Å². The van der Waals surface area contributed by atoms with Crippen molar-refractivity contribution in [2.75, 3.05) is 19.0 Å². The molecule has 0 aliphatic heterocycles. The highest BCUT2D eigenvalue weighted by atomic mass is 35.5. The molecule has 19 heavy (non-hydrogen) atoms. The monoisotopic (exact) mass is 298 g/mol. The van der Waals surface area contributed by atoms with Crippen LogP contribution in [0, 0.1) is 0 Å². The Kier molecular flexibility index (Phi) is 3.23. The maximum absolute atomic E-state index is 5.89. The Hall–Kier alpha value is -1.48. The maximum Gasteiger partial charge on any atom is 0.230 e. The minimum Gasteiger partial charge on any atom is -0.347 e. The molecule has 2 heterocycles. The number of rotatable bonds is 4. The van der Waals surface area contributed by atoms with Crippen molar-refractivity contribution >= 4 is 29.3 Å². The van der Waals surface area contributed by atoms with Crippen LogP contribution >= 0.6 is 23.4 Å². The summed E-state index contributed by atoms with van der Waals surface area (Å²) in [7, 11) is 3.68. The Bertz CT molecular complexity index is 596. The SMILES string of the molecule is CN(C)c1nc(Cl)nc(Sc2nnnn2C2CC2)n1. The zero-order valence-electron chi connectivity index (χ0n) is 10.4. The highest BCUT2D eigenvalue weighted by molar-refractivity contribution is 7.99. The minimum atomic E-state index is 0.159. The molecule has 0 amide bonds. The number of hydrogen-bond donors (Lipinski definition) is 0. The van der Waals surface area contributed by atoms with Crippen LogP contribution in [-0.4, -0.2) is 49.3 Å². The van der Waals surface area contributed by atoms with E-state index >= 15 is 0 Å². The van der Waals surface area contributed by atoms with E-state index in [4.69, 9.17) is 11.6 Å². The average Bonchev–Trinajstić information content (AvgIpc) is 3.10. The van der Waals surface area contributed by atoms with Crippen LogP contribution in [0.15, 0.2) is 10.3 Å². The van der Waals surface area contributed by atoms with E-state index in [-0.39, 0.29) is 5.28 Å². The van der Waals surface area contributed by atoms with Crippen molar-refractivity contribution in [3.63, 3.8) is 0 Å². The van der Waals surface area contributed by atoms with Gasteiger partial charge in [-0.1, -0.05) is 0 Å². The van der Waals surface area contributed by atoms with Crippen LogP contribution in [-0.2, 0) is 0 Å². The molecule has 0 radical (unpaired) electrons. The zero-order valence-corrected chi connectivity index (χ0v) is 11.9. The molecule has 1 fully saturated rings. The summed E-state index contributed by atoms with van der Waals surface area (Å²) in [5, 5.41) is 13.0. The Morgan fingerprint density at radius 3 is 2.74 bits per heavy atom. The summed E-state index contributed by atoms with van der Waals surface area (Å²) in [5.74, 6) is 0.507. The summed E-state index contributed by atoms with van der Waals surface area (Å²) in [4.78, 5) is 14.2. The van der Waals surface area contributed by atoms with Gasteiger partial charge in [0.2, 0.25) is 21.5 Å². The fourth-order valence-corrected chi connectivity index (χ4v) is 2.44. The lowest BCUT2D eigenvalue weighted by Gasteiger charge is -2.10. The lowest BCUT2D eigenvalue weighted by atomic mass is 10.7. The summed E-state index contributed by atoms with van der Waals surface area (Å²) in [6.07, 6.45) is 2.22. The number of aromatic nitrogens is 7. The lowest BCUT2D eigenvalue weighted by Crippen LogP contribution is -2.13. The molecular weight excluding hydrogens is 288 g/mol. The third-order valence-corrected chi connectivity index (χ3v) is 3.50. The molecule has 0 bridgehead atoms. The fourth-order valence-electron chi connectivity index (χ4n) is 1.45. The van der Waals surface area contributed by atoms with Gasteiger partial charge in [0.25, 0.3) is 0 Å². The summed E-state index contributed by atoms with van der Waals surface area (Å²) in [5.41, 5.74) is 0. The summed E-state index contributed by atoms with van der Waals surface area (Å²) >= 11 is 7.18. The van der Waals surface area contributed by atoms with E-state index < -0.39 is 0 Å². The molecule has 1 aliphatic rings. The molecule has 2 aromatic heterocycles. The predicted octanol–water partition coefficient (Wildman–Crippen LogP) is 1.06. The first kappa shape index (κ1) is 12.5. The molecule has 0 atom stereocenters. The van der Waals surface area contributed by atoms with Crippen molar-refractivity contribution in [1.82, 2.24) is 35.2 Å². The van der Waals surface area contributed by atoms with Gasteiger partial charge in [0, 0.05) is 14.1 Å². The van der Waals surface area contributed by atoms with Crippen LogP contribution in [0.3, 0.4) is 0 Å². The molecule has 0 spiro atoms. The van der Waals surface area contributed by atoms with Gasteiger partial charge >= 0.3 is 0 Å². The number of halogens is 1. The molecule has 0 unspecified atom stereocenters. The maximum atomic E-state index is 5.89. The van der Waals surface area contributed by atoms with Gasteiger partial charge in [0.05, 0.1) is 6.04 Å². The Labute approximate surface area is 118 Å². The third-order valence-electron chi connectivity index (χ3n) is 2.51. The highest BCUT2D eigenvalue weighted by Crippen LogP contribution is 2.37. The van der Waals surface area contributed by atoms with Crippen molar-refractivity contribution in [1.29, 1.82) is 0 Å². The molecule has 8 nitrogen and oxygen atoms in total. The van der Waals surface area contributed by atoms with Gasteiger partial charge in [0.15, 0.2) is 0 Å². The van der Waals surface area contributed by atoms with Gasteiger partial charge in [-0.3, -0.25) is 0 Å². The van der Waals surface area contributed by atoms with Crippen molar-refractivity contribution in [2.45, 2.75) is 29.2 Å². The second kappa shape index (κ2) is 4.89. The van der Waals surface area contributed by atoms with E-state index in [1.54, 1.807) is 9.58 Å². The van der Waals surface area contributed by atoms with Gasteiger partial charge < -0.3 is 4.90 Å². The highest BCUT2D eigenvalue weighted by Gasteiger charge is 2.28. The second-order valence-corrected chi connectivity index (χ2v) is 5.59. The first-order chi connectivity index (χ1) is 9.13. The van der Waals surface area contributed by atoms with Crippen molar-refractivity contribution in [3.8, 4) is 0 Å². The van der Waals surface area contributed by atoms with Gasteiger partial charge in [-0.05, 0) is 46.6 Å². The molecular formula is C9H11ClN8S. The fraction of sp³-hybridized carbons (Fsp3) is 0.556. The smallest absolute Gasteiger partial charge is 0.230 e. The molecule has 2 aromatic rings. The number of anilines is 1. The van der Waals surface area contributed by atoms with Gasteiger partial charge in [-0.25, -0.2) is 4.68 Å². The predicted molar refractivity (Wildman–Crippen MR) is 69.4 cm³/mol. The van der Waals surface area contributed by atoms with Crippen LogP contribution in [0.1, 0.15) is 18.9 Å². The largest absolute Gasteiger partial charge is 0.347 e. The van der Waals surface area contributed by atoms with Crippen LogP contribution in [0.25, 0.3) is 0 Å². The minimum absolute atomic E-state index is 0.159. The molecule has 1 saturated carbocycles. The van der Waals surface area contributed by atoms with Crippen molar-refractivity contribution in [3.05, 3.63) is 5.28 Å². The van der Waals surface area contributed by atoms with E-state index in [1.165, 1.54) is 11.8 Å². The topological polar surface area (TPSA) is 85.5 Å². The van der Waals surface area contributed by atoms with Crippen LogP contribution in [0.4, 0.5) is 5.95 Å². The Morgan fingerprint density at radius 2 is 2.05 bits per heavy atom.